The van der Waals surface area contributed by atoms with Crippen molar-refractivity contribution in [1.82, 2.24) is 4.90 Å². The summed E-state index contributed by atoms with van der Waals surface area (Å²) >= 11 is 0. The first-order valence-corrected chi connectivity index (χ1v) is 8.71. The lowest BCUT2D eigenvalue weighted by Gasteiger charge is -2.36. The van der Waals surface area contributed by atoms with Gasteiger partial charge < -0.3 is 10.0 Å². The number of aliphatic carboxylic acids is 1. The van der Waals surface area contributed by atoms with Crippen molar-refractivity contribution in [2.45, 2.75) is 44.4 Å². The zero-order chi connectivity index (χ0) is 16.2. The lowest BCUT2D eigenvalue weighted by Crippen LogP contribution is -2.45. The molecule has 2 fully saturated rings. The zero-order valence-electron chi connectivity index (χ0n) is 13.5. The summed E-state index contributed by atoms with van der Waals surface area (Å²) < 4.78 is 0. The molecule has 0 aromatic heterocycles. The molecule has 1 unspecified atom stereocenters. The van der Waals surface area contributed by atoms with E-state index in [0.29, 0.717) is 18.9 Å². The summed E-state index contributed by atoms with van der Waals surface area (Å²) in [5, 5.41) is 9.17. The summed E-state index contributed by atoms with van der Waals surface area (Å²) in [5.41, 5.74) is 1.38. The Morgan fingerprint density at radius 3 is 2.30 bits per heavy atom. The van der Waals surface area contributed by atoms with Crippen LogP contribution in [0.3, 0.4) is 0 Å². The normalized spacial score (nSPS) is 28.3. The van der Waals surface area contributed by atoms with E-state index in [-0.39, 0.29) is 17.7 Å². The third-order valence-electron chi connectivity index (χ3n) is 5.43. The molecular weight excluding hydrogens is 290 g/mol. The van der Waals surface area contributed by atoms with Gasteiger partial charge in [-0.25, -0.2) is 0 Å². The maximum absolute atomic E-state index is 12.7. The topological polar surface area (TPSA) is 57.6 Å². The van der Waals surface area contributed by atoms with Crippen LogP contribution in [0.15, 0.2) is 30.3 Å². The minimum Gasteiger partial charge on any atom is -0.481 e. The molecule has 1 aromatic rings. The Bertz CT molecular complexity index is 549. The van der Waals surface area contributed by atoms with Gasteiger partial charge in [-0.1, -0.05) is 30.3 Å². The Morgan fingerprint density at radius 2 is 1.65 bits per heavy atom. The predicted octanol–water partition coefficient (Wildman–Crippen LogP) is 3.28. The molecule has 4 nitrogen and oxygen atoms in total. The van der Waals surface area contributed by atoms with Crippen molar-refractivity contribution in [3.63, 3.8) is 0 Å². The molecule has 124 valence electrons. The summed E-state index contributed by atoms with van der Waals surface area (Å²) in [7, 11) is 0. The molecule has 1 saturated carbocycles. The van der Waals surface area contributed by atoms with Gasteiger partial charge in [0, 0.05) is 19.0 Å². The highest BCUT2D eigenvalue weighted by molar-refractivity contribution is 5.80. The van der Waals surface area contributed by atoms with E-state index in [0.717, 1.165) is 38.6 Å². The maximum Gasteiger partial charge on any atom is 0.308 e. The van der Waals surface area contributed by atoms with Gasteiger partial charge in [-0.2, -0.15) is 0 Å². The molecule has 0 radical (unpaired) electrons. The molecule has 0 spiro atoms. The molecule has 4 heteroatoms. The first-order chi connectivity index (χ1) is 11.1. The molecule has 1 atom stereocenters. The Balaban J connectivity index is 1.55. The van der Waals surface area contributed by atoms with Crippen LogP contribution in [-0.4, -0.2) is 35.0 Å². The second-order valence-electron chi connectivity index (χ2n) is 6.92. The SMILES string of the molecule is O=C(O)C1CCCN(C(=O)C2CCC(c3ccccc3)CC2)C1. The van der Waals surface area contributed by atoms with Crippen LogP contribution in [0.25, 0.3) is 0 Å². The fourth-order valence-corrected chi connectivity index (χ4v) is 4.04. The van der Waals surface area contributed by atoms with E-state index in [1.807, 2.05) is 6.07 Å². The number of hydrogen-bond donors (Lipinski definition) is 1. The van der Waals surface area contributed by atoms with Crippen molar-refractivity contribution in [1.29, 1.82) is 0 Å². The number of nitrogens with zero attached hydrogens (tertiary/aromatic N) is 1. The fraction of sp³-hybridized carbons (Fsp3) is 0.579. The maximum atomic E-state index is 12.7. The first kappa shape index (κ1) is 16.0. The Morgan fingerprint density at radius 1 is 0.957 bits per heavy atom. The average molecular weight is 315 g/mol. The summed E-state index contributed by atoms with van der Waals surface area (Å²) in [6, 6.07) is 10.5. The number of carbonyl (C=O) groups is 2. The van der Waals surface area contributed by atoms with Crippen LogP contribution < -0.4 is 0 Å². The van der Waals surface area contributed by atoms with Gasteiger partial charge in [0.15, 0.2) is 0 Å². The third kappa shape index (κ3) is 3.74. The van der Waals surface area contributed by atoms with Crippen molar-refractivity contribution in [2.24, 2.45) is 11.8 Å². The number of piperidine rings is 1. The highest BCUT2D eigenvalue weighted by Gasteiger charge is 2.33. The molecule has 1 aliphatic heterocycles. The predicted molar refractivity (Wildman–Crippen MR) is 88.1 cm³/mol. The average Bonchev–Trinajstić information content (AvgIpc) is 2.62. The lowest BCUT2D eigenvalue weighted by molar-refractivity contribution is -0.147. The monoisotopic (exact) mass is 315 g/mol. The van der Waals surface area contributed by atoms with E-state index < -0.39 is 5.97 Å². The van der Waals surface area contributed by atoms with Crippen molar-refractivity contribution in [2.75, 3.05) is 13.1 Å². The van der Waals surface area contributed by atoms with Gasteiger partial charge in [0.05, 0.1) is 5.92 Å². The summed E-state index contributed by atoms with van der Waals surface area (Å²) in [4.78, 5) is 25.7. The van der Waals surface area contributed by atoms with E-state index in [1.165, 1.54) is 5.56 Å². The smallest absolute Gasteiger partial charge is 0.308 e. The number of carboxylic acids is 1. The van der Waals surface area contributed by atoms with Crippen molar-refractivity contribution >= 4 is 11.9 Å². The molecule has 23 heavy (non-hydrogen) atoms. The Hall–Kier alpha value is -1.84. The largest absolute Gasteiger partial charge is 0.481 e. The molecule has 0 bridgehead atoms. The second-order valence-corrected chi connectivity index (χ2v) is 6.92. The van der Waals surface area contributed by atoms with E-state index in [9.17, 15) is 14.7 Å². The summed E-state index contributed by atoms with van der Waals surface area (Å²) in [6.07, 6.45) is 5.45. The Labute approximate surface area is 137 Å². The number of carbonyl (C=O) groups excluding carboxylic acids is 1. The minimum atomic E-state index is -0.768. The first-order valence-electron chi connectivity index (χ1n) is 8.71. The number of hydrogen-bond acceptors (Lipinski definition) is 2. The van der Waals surface area contributed by atoms with Gasteiger partial charge in [-0.3, -0.25) is 9.59 Å². The number of amides is 1. The van der Waals surface area contributed by atoms with Crippen LogP contribution >= 0.6 is 0 Å². The van der Waals surface area contributed by atoms with Crippen LogP contribution in [0, 0.1) is 11.8 Å². The van der Waals surface area contributed by atoms with E-state index in [4.69, 9.17) is 0 Å². The van der Waals surface area contributed by atoms with Crippen molar-refractivity contribution in [3.8, 4) is 0 Å². The number of benzene rings is 1. The molecule has 1 saturated heterocycles. The van der Waals surface area contributed by atoms with Crippen LogP contribution in [0.1, 0.15) is 50.0 Å². The molecule has 1 aromatic carbocycles. The second kappa shape index (κ2) is 7.16. The molecule has 1 heterocycles. The van der Waals surface area contributed by atoms with Crippen molar-refractivity contribution in [3.05, 3.63) is 35.9 Å². The van der Waals surface area contributed by atoms with E-state index in [2.05, 4.69) is 24.3 Å². The van der Waals surface area contributed by atoms with Crippen LogP contribution in [0.2, 0.25) is 0 Å². The van der Waals surface area contributed by atoms with Gasteiger partial charge in [-0.15, -0.1) is 0 Å². The van der Waals surface area contributed by atoms with Crippen LogP contribution in [0.4, 0.5) is 0 Å². The molecule has 1 N–H and O–H groups in total. The highest BCUT2D eigenvalue weighted by atomic mass is 16.4. The minimum absolute atomic E-state index is 0.0857. The van der Waals surface area contributed by atoms with Crippen LogP contribution in [0.5, 0.6) is 0 Å². The fourth-order valence-electron chi connectivity index (χ4n) is 4.04. The summed E-state index contributed by atoms with van der Waals surface area (Å²) in [6.45, 7) is 1.12. The molecule has 1 amide bonds. The lowest BCUT2D eigenvalue weighted by atomic mass is 9.78. The van der Waals surface area contributed by atoms with Gasteiger partial charge in [-0.05, 0) is 50.0 Å². The van der Waals surface area contributed by atoms with Crippen molar-refractivity contribution < 1.29 is 14.7 Å². The number of rotatable bonds is 3. The molecular formula is C19H25NO3. The Kier molecular flexibility index (Phi) is 4.99. The van der Waals surface area contributed by atoms with Gasteiger partial charge in [0.1, 0.15) is 0 Å². The van der Waals surface area contributed by atoms with E-state index in [1.54, 1.807) is 4.90 Å². The van der Waals surface area contributed by atoms with Crippen LogP contribution in [-0.2, 0) is 9.59 Å². The number of carboxylic acid groups (broad SMARTS) is 1. The highest BCUT2D eigenvalue weighted by Crippen LogP contribution is 2.36. The molecule has 1 aliphatic carbocycles. The van der Waals surface area contributed by atoms with Gasteiger partial charge in [0.25, 0.3) is 0 Å². The molecule has 2 aliphatic rings. The molecule has 3 rings (SSSR count). The van der Waals surface area contributed by atoms with Gasteiger partial charge >= 0.3 is 5.97 Å². The summed E-state index contributed by atoms with van der Waals surface area (Å²) in [5.74, 6) is -0.318. The quantitative estimate of drug-likeness (QED) is 0.931. The standard InChI is InChI=1S/C19H25NO3/c21-18(20-12-4-7-17(13-20)19(22)23)16-10-8-15(9-11-16)14-5-2-1-3-6-14/h1-3,5-6,15-17H,4,7-13H2,(H,22,23). The van der Waals surface area contributed by atoms with E-state index >= 15 is 0 Å². The number of likely N-dealkylation sites (tertiary alicyclic amines) is 1. The zero-order valence-corrected chi connectivity index (χ0v) is 13.5. The van der Waals surface area contributed by atoms with Gasteiger partial charge in [0.2, 0.25) is 5.91 Å². The third-order valence-corrected chi connectivity index (χ3v) is 5.43.